The first-order chi connectivity index (χ1) is 8.38. The normalized spacial score (nSPS) is 19.2. The van der Waals surface area contributed by atoms with E-state index < -0.39 is 24.1 Å². The first-order valence-corrected chi connectivity index (χ1v) is 5.27. The van der Waals surface area contributed by atoms with Gasteiger partial charge >= 0.3 is 12.1 Å². The molecule has 1 aliphatic heterocycles. The van der Waals surface area contributed by atoms with Crippen LogP contribution in [0.1, 0.15) is 17.3 Å². The number of benzene rings is 1. The fourth-order valence-corrected chi connectivity index (χ4v) is 1.87. The number of amides is 1. The molecule has 0 radical (unpaired) electrons. The number of halogens is 4. The van der Waals surface area contributed by atoms with Crippen LogP contribution in [0.5, 0.6) is 0 Å². The average molecular weight is 262 g/mol. The number of nitrogens with one attached hydrogen (secondary N) is 2. The van der Waals surface area contributed by atoms with Crippen molar-refractivity contribution in [3.05, 3.63) is 35.1 Å². The molecular weight excluding hydrogens is 252 g/mol. The maximum absolute atomic E-state index is 13.1. The van der Waals surface area contributed by atoms with Gasteiger partial charge in [-0.25, -0.2) is 4.39 Å². The van der Waals surface area contributed by atoms with Crippen LogP contribution in [-0.2, 0) is 11.2 Å². The molecule has 3 nitrogen and oxygen atoms in total. The topological polar surface area (TPSA) is 41.1 Å². The highest BCUT2D eigenvalue weighted by atomic mass is 19.4. The predicted octanol–water partition coefficient (Wildman–Crippen LogP) is 1.65. The number of hydrogen-bond donors (Lipinski definition) is 2. The summed E-state index contributed by atoms with van der Waals surface area (Å²) in [5.74, 6) is -2.60. The summed E-state index contributed by atoms with van der Waals surface area (Å²) in [6.07, 6.45) is -5.39. The second-order valence-electron chi connectivity index (χ2n) is 3.95. The van der Waals surface area contributed by atoms with Gasteiger partial charge in [0.15, 0.2) is 0 Å². The predicted molar refractivity (Wildman–Crippen MR) is 55.0 cm³/mol. The summed E-state index contributed by atoms with van der Waals surface area (Å²) in [6, 6.07) is 3.88. The van der Waals surface area contributed by atoms with E-state index >= 15 is 0 Å². The molecule has 18 heavy (non-hydrogen) atoms. The number of carbonyl (C=O) groups is 1. The van der Waals surface area contributed by atoms with Gasteiger partial charge in [0, 0.05) is 6.54 Å². The van der Waals surface area contributed by atoms with Crippen LogP contribution in [0.3, 0.4) is 0 Å². The van der Waals surface area contributed by atoms with Crippen molar-refractivity contribution in [3.63, 3.8) is 0 Å². The van der Waals surface area contributed by atoms with Gasteiger partial charge < -0.3 is 5.32 Å². The highest BCUT2D eigenvalue weighted by Crippen LogP contribution is 2.23. The molecule has 0 fully saturated rings. The van der Waals surface area contributed by atoms with Crippen LogP contribution >= 0.6 is 0 Å². The molecule has 1 aromatic carbocycles. The van der Waals surface area contributed by atoms with Crippen LogP contribution < -0.4 is 10.6 Å². The highest BCUT2D eigenvalue weighted by molar-refractivity contribution is 5.82. The van der Waals surface area contributed by atoms with Crippen LogP contribution in [0.15, 0.2) is 18.2 Å². The molecule has 1 aliphatic rings. The molecule has 1 aromatic rings. The van der Waals surface area contributed by atoms with Gasteiger partial charge in [-0.1, -0.05) is 6.07 Å². The molecule has 1 unspecified atom stereocenters. The molecule has 98 valence electrons. The Bertz CT molecular complexity index is 473. The Morgan fingerprint density at radius 2 is 2.11 bits per heavy atom. The first-order valence-electron chi connectivity index (χ1n) is 5.27. The minimum atomic E-state index is -4.95. The summed E-state index contributed by atoms with van der Waals surface area (Å²) in [5.41, 5.74) is 1.06. The third kappa shape index (κ3) is 2.61. The molecule has 0 saturated heterocycles. The maximum Gasteiger partial charge on any atom is 0.471 e. The van der Waals surface area contributed by atoms with Gasteiger partial charge in [-0.2, -0.15) is 13.2 Å². The quantitative estimate of drug-likeness (QED) is 0.755. The van der Waals surface area contributed by atoms with E-state index in [2.05, 4.69) is 5.32 Å². The standard InChI is InChI=1S/C11H10F4N2O/c12-7-2-1-6-3-4-16-9(8(6)5-7)17-10(18)11(13,14)15/h1-2,5,9,16H,3-4H2,(H,17,18). The van der Waals surface area contributed by atoms with Gasteiger partial charge in [0.2, 0.25) is 0 Å². The largest absolute Gasteiger partial charge is 0.471 e. The monoisotopic (exact) mass is 262 g/mol. The van der Waals surface area contributed by atoms with Crippen molar-refractivity contribution in [2.75, 3.05) is 6.54 Å². The SMILES string of the molecule is O=C(NC1NCCc2ccc(F)cc21)C(F)(F)F. The molecule has 2 rings (SSSR count). The Morgan fingerprint density at radius 3 is 2.78 bits per heavy atom. The Kier molecular flexibility index (Phi) is 3.25. The molecule has 1 atom stereocenters. The second kappa shape index (κ2) is 4.56. The van der Waals surface area contributed by atoms with Gasteiger partial charge in [0.1, 0.15) is 12.0 Å². The molecular formula is C11H10F4N2O. The fourth-order valence-electron chi connectivity index (χ4n) is 1.87. The molecule has 0 aromatic heterocycles. The van der Waals surface area contributed by atoms with Crippen LogP contribution in [0.25, 0.3) is 0 Å². The van der Waals surface area contributed by atoms with Crippen molar-refractivity contribution < 1.29 is 22.4 Å². The van der Waals surface area contributed by atoms with E-state index in [4.69, 9.17) is 0 Å². The zero-order valence-electron chi connectivity index (χ0n) is 9.14. The number of fused-ring (bicyclic) bond motifs is 1. The first kappa shape index (κ1) is 12.8. The van der Waals surface area contributed by atoms with Gasteiger partial charge in [-0.15, -0.1) is 0 Å². The molecule has 7 heteroatoms. The van der Waals surface area contributed by atoms with Gasteiger partial charge in [-0.3, -0.25) is 10.1 Å². The van der Waals surface area contributed by atoms with E-state index in [1.165, 1.54) is 12.1 Å². The van der Waals surface area contributed by atoms with E-state index in [0.717, 1.165) is 11.6 Å². The van der Waals surface area contributed by atoms with Crippen molar-refractivity contribution >= 4 is 5.91 Å². The number of rotatable bonds is 1. The smallest absolute Gasteiger partial charge is 0.329 e. The van der Waals surface area contributed by atoms with Gasteiger partial charge in [0.25, 0.3) is 0 Å². The fraction of sp³-hybridized carbons (Fsp3) is 0.364. The lowest BCUT2D eigenvalue weighted by Crippen LogP contribution is -2.46. The lowest BCUT2D eigenvalue weighted by molar-refractivity contribution is -0.174. The van der Waals surface area contributed by atoms with Gasteiger partial charge in [0.05, 0.1) is 0 Å². The Morgan fingerprint density at radius 1 is 1.39 bits per heavy atom. The minimum absolute atomic E-state index is 0.332. The minimum Gasteiger partial charge on any atom is -0.329 e. The van der Waals surface area contributed by atoms with Crippen molar-refractivity contribution in [2.24, 2.45) is 0 Å². The summed E-state index contributed by atoms with van der Waals surface area (Å²) in [5, 5.41) is 4.51. The Labute approximate surface area is 100 Å². The maximum atomic E-state index is 13.1. The number of carbonyl (C=O) groups excluding carboxylic acids is 1. The van der Waals surface area contributed by atoms with Gasteiger partial charge in [-0.05, 0) is 29.7 Å². The van der Waals surface area contributed by atoms with Crippen molar-refractivity contribution in [3.8, 4) is 0 Å². The Balaban J connectivity index is 2.22. The van der Waals surface area contributed by atoms with Crippen molar-refractivity contribution in [2.45, 2.75) is 18.8 Å². The van der Waals surface area contributed by atoms with Crippen molar-refractivity contribution in [1.82, 2.24) is 10.6 Å². The summed E-state index contributed by atoms with van der Waals surface area (Å²) in [4.78, 5) is 10.9. The summed E-state index contributed by atoms with van der Waals surface area (Å²) in [6.45, 7) is 0.418. The second-order valence-corrected chi connectivity index (χ2v) is 3.95. The highest BCUT2D eigenvalue weighted by Gasteiger charge is 2.40. The number of hydrogen-bond acceptors (Lipinski definition) is 2. The summed E-state index contributed by atoms with van der Waals surface area (Å²) >= 11 is 0. The van der Waals surface area contributed by atoms with E-state index in [9.17, 15) is 22.4 Å². The molecule has 1 amide bonds. The van der Waals surface area contributed by atoms with Crippen molar-refractivity contribution in [1.29, 1.82) is 0 Å². The molecule has 0 bridgehead atoms. The molecule has 0 spiro atoms. The van der Waals surface area contributed by atoms with E-state index in [1.807, 2.05) is 0 Å². The summed E-state index contributed by atoms with van der Waals surface area (Å²) in [7, 11) is 0. The van der Waals surface area contributed by atoms with Crippen LogP contribution in [0.4, 0.5) is 17.6 Å². The molecule has 0 saturated carbocycles. The lowest BCUT2D eigenvalue weighted by atomic mass is 9.98. The zero-order valence-corrected chi connectivity index (χ0v) is 9.14. The molecule has 0 aliphatic carbocycles. The van der Waals surface area contributed by atoms with E-state index in [0.29, 0.717) is 18.5 Å². The molecule has 2 N–H and O–H groups in total. The molecule has 1 heterocycles. The lowest BCUT2D eigenvalue weighted by Gasteiger charge is -2.28. The van der Waals surface area contributed by atoms with Crippen LogP contribution in [0, 0.1) is 5.82 Å². The van der Waals surface area contributed by atoms with E-state index in [1.54, 1.807) is 5.32 Å². The average Bonchev–Trinajstić information content (AvgIpc) is 2.28. The zero-order chi connectivity index (χ0) is 13.3. The third-order valence-corrected chi connectivity index (χ3v) is 2.69. The van der Waals surface area contributed by atoms with E-state index in [-0.39, 0.29) is 0 Å². The van der Waals surface area contributed by atoms with Crippen LogP contribution in [-0.4, -0.2) is 18.6 Å². The van der Waals surface area contributed by atoms with Crippen LogP contribution in [0.2, 0.25) is 0 Å². The summed E-state index contributed by atoms with van der Waals surface area (Å²) < 4.78 is 49.5. The number of alkyl halides is 3. The third-order valence-electron chi connectivity index (χ3n) is 2.69. The Hall–Kier alpha value is -1.63.